The van der Waals surface area contributed by atoms with Crippen molar-refractivity contribution in [2.24, 2.45) is 5.73 Å². The average molecular weight is 501 g/mol. The normalized spacial score (nSPS) is 15.7. The monoisotopic (exact) mass is 500 g/mol. The number of H-pyrrole nitrogens is 1. The van der Waals surface area contributed by atoms with E-state index in [0.717, 1.165) is 40.6 Å². The second kappa shape index (κ2) is 8.92. The fourth-order valence-corrected chi connectivity index (χ4v) is 5.37. The lowest BCUT2D eigenvalue weighted by molar-refractivity contribution is 0.177. The number of hydrogen-bond acceptors (Lipinski definition) is 3. The van der Waals surface area contributed by atoms with Crippen molar-refractivity contribution in [1.82, 2.24) is 24.6 Å². The van der Waals surface area contributed by atoms with Crippen LogP contribution in [0.2, 0.25) is 10.0 Å². The molecule has 1 saturated heterocycles. The first kappa shape index (κ1) is 22.7. The van der Waals surface area contributed by atoms with Gasteiger partial charge in [0, 0.05) is 59.1 Å². The van der Waals surface area contributed by atoms with Crippen LogP contribution < -0.4 is 5.73 Å². The van der Waals surface area contributed by atoms with Crippen LogP contribution in [0.4, 0.5) is 9.18 Å². The van der Waals surface area contributed by atoms with Crippen LogP contribution in [-0.4, -0.2) is 43.8 Å². The lowest BCUT2D eigenvalue weighted by atomic mass is 9.92. The van der Waals surface area contributed by atoms with E-state index < -0.39 is 5.82 Å². The summed E-state index contributed by atoms with van der Waals surface area (Å²) >= 11 is 12.6. The second-order valence-corrected chi connectivity index (χ2v) is 9.39. The molecule has 4 heterocycles. The number of carbonyl (C=O) groups is 1. The number of nitrogens with one attached hydrogen (secondary N) is 1. The molecule has 1 fully saturated rings. The number of likely N-dealkylation sites (tertiary alicyclic amines) is 1. The summed E-state index contributed by atoms with van der Waals surface area (Å²) in [6, 6.07) is 4.67. The summed E-state index contributed by atoms with van der Waals surface area (Å²) in [6.45, 7) is 3.19. The summed E-state index contributed by atoms with van der Waals surface area (Å²) in [4.78, 5) is 20.8. The predicted octanol–water partition coefficient (Wildman–Crippen LogP) is 5.74. The third-order valence-corrected chi connectivity index (χ3v) is 7.34. The van der Waals surface area contributed by atoms with Gasteiger partial charge in [-0.3, -0.25) is 4.68 Å². The van der Waals surface area contributed by atoms with Gasteiger partial charge in [-0.1, -0.05) is 30.1 Å². The Kier molecular flexibility index (Phi) is 5.95. The van der Waals surface area contributed by atoms with E-state index in [1.54, 1.807) is 11.1 Å². The van der Waals surface area contributed by atoms with Crippen LogP contribution in [0.1, 0.15) is 42.9 Å². The van der Waals surface area contributed by atoms with E-state index >= 15 is 0 Å². The number of carbonyl (C=O) groups excluding carboxylic acids is 1. The molecule has 3 N–H and O–H groups in total. The number of aromatic nitrogens is 4. The fraction of sp³-hybridized carbons (Fsp3) is 0.292. The zero-order chi connectivity index (χ0) is 24.0. The molecule has 34 heavy (non-hydrogen) atoms. The van der Waals surface area contributed by atoms with Crippen molar-refractivity contribution < 1.29 is 9.18 Å². The van der Waals surface area contributed by atoms with Crippen LogP contribution in [0.15, 0.2) is 43.0 Å². The van der Waals surface area contributed by atoms with Gasteiger partial charge in [-0.25, -0.2) is 14.2 Å². The van der Waals surface area contributed by atoms with Gasteiger partial charge in [-0.05, 0) is 42.2 Å². The standard InChI is InChI=1S/C24H23Cl2FN6O/c1-13(21-19(25)2-3-20(27)22(21)26)18-11-30-23-17(18)8-14(9-29-23)15-10-31-33(12-15)16-4-6-32(7-5-16)24(28)34/h2-3,8-13,16H,4-7H2,1H3,(H2,28,34)(H,29,30). The van der Waals surface area contributed by atoms with Crippen molar-refractivity contribution in [1.29, 1.82) is 0 Å². The molecule has 1 aromatic carbocycles. The molecule has 1 aliphatic rings. The molecule has 0 aliphatic carbocycles. The summed E-state index contributed by atoms with van der Waals surface area (Å²) in [5.74, 6) is -0.750. The molecule has 0 radical (unpaired) electrons. The summed E-state index contributed by atoms with van der Waals surface area (Å²) in [6.07, 6.45) is 9.08. The van der Waals surface area contributed by atoms with E-state index in [1.807, 2.05) is 36.3 Å². The van der Waals surface area contributed by atoms with Gasteiger partial charge in [0.2, 0.25) is 0 Å². The Labute approximate surface area is 205 Å². The quantitative estimate of drug-likeness (QED) is 0.350. The first-order chi connectivity index (χ1) is 16.3. The van der Waals surface area contributed by atoms with Crippen molar-refractivity contribution in [3.63, 3.8) is 0 Å². The van der Waals surface area contributed by atoms with E-state index in [-0.39, 0.29) is 23.0 Å². The SMILES string of the molecule is CC(c1c(Cl)ccc(F)c1Cl)c1c[nH]c2ncc(-c3cnn(C4CCN(C(N)=O)CC4)c3)cc12. The molecule has 4 aromatic rings. The largest absolute Gasteiger partial charge is 0.351 e. The minimum Gasteiger partial charge on any atom is -0.351 e. The Bertz CT molecular complexity index is 1380. The second-order valence-electron chi connectivity index (χ2n) is 8.61. The van der Waals surface area contributed by atoms with Gasteiger partial charge in [0.15, 0.2) is 0 Å². The number of halogens is 3. The van der Waals surface area contributed by atoms with Crippen molar-refractivity contribution in [3.05, 3.63) is 70.0 Å². The van der Waals surface area contributed by atoms with E-state index in [4.69, 9.17) is 28.9 Å². The zero-order valence-corrected chi connectivity index (χ0v) is 19.9. The maximum Gasteiger partial charge on any atom is 0.314 e. The van der Waals surface area contributed by atoms with Gasteiger partial charge in [0.1, 0.15) is 11.5 Å². The van der Waals surface area contributed by atoms with Crippen LogP contribution in [0.3, 0.4) is 0 Å². The minimum absolute atomic E-state index is 0.0297. The molecule has 10 heteroatoms. The molecule has 1 aliphatic heterocycles. The molecule has 2 amide bonds. The molecule has 5 rings (SSSR count). The van der Waals surface area contributed by atoms with E-state index in [0.29, 0.717) is 23.7 Å². The average Bonchev–Trinajstić information content (AvgIpc) is 3.49. The van der Waals surface area contributed by atoms with Gasteiger partial charge in [0.25, 0.3) is 0 Å². The summed E-state index contributed by atoms with van der Waals surface area (Å²) in [5, 5.41) is 5.92. The number of primary amides is 1. The fourth-order valence-electron chi connectivity index (χ4n) is 4.67. The Morgan fingerprint density at radius 3 is 2.74 bits per heavy atom. The lowest BCUT2D eigenvalue weighted by Crippen LogP contribution is -2.42. The van der Waals surface area contributed by atoms with Crippen molar-refractivity contribution in [3.8, 4) is 11.1 Å². The molecule has 0 saturated carbocycles. The summed E-state index contributed by atoms with van der Waals surface area (Å²) in [7, 11) is 0. The van der Waals surface area contributed by atoms with E-state index in [9.17, 15) is 9.18 Å². The van der Waals surface area contributed by atoms with Gasteiger partial charge in [0.05, 0.1) is 17.3 Å². The highest BCUT2D eigenvalue weighted by Gasteiger charge is 2.24. The molecule has 0 bridgehead atoms. The minimum atomic E-state index is -0.499. The molecule has 3 aromatic heterocycles. The van der Waals surface area contributed by atoms with Crippen LogP contribution in [0.5, 0.6) is 0 Å². The van der Waals surface area contributed by atoms with Crippen LogP contribution >= 0.6 is 23.2 Å². The van der Waals surface area contributed by atoms with Gasteiger partial charge in [-0.2, -0.15) is 5.10 Å². The maximum atomic E-state index is 14.1. The Morgan fingerprint density at radius 2 is 2.00 bits per heavy atom. The molecule has 1 atom stereocenters. The number of pyridine rings is 1. The highest BCUT2D eigenvalue weighted by molar-refractivity contribution is 6.36. The number of nitrogens with zero attached hydrogens (tertiary/aromatic N) is 4. The Hall–Kier alpha value is -3.10. The number of rotatable bonds is 4. The van der Waals surface area contributed by atoms with Crippen molar-refractivity contribution in [2.75, 3.05) is 13.1 Å². The zero-order valence-electron chi connectivity index (χ0n) is 18.4. The van der Waals surface area contributed by atoms with Crippen LogP contribution in [0.25, 0.3) is 22.2 Å². The van der Waals surface area contributed by atoms with Crippen molar-refractivity contribution >= 4 is 40.3 Å². The third-order valence-electron chi connectivity index (χ3n) is 6.63. The van der Waals surface area contributed by atoms with Crippen LogP contribution in [0, 0.1) is 5.82 Å². The summed E-state index contributed by atoms with van der Waals surface area (Å²) in [5.41, 5.74) is 9.43. The number of fused-ring (bicyclic) bond motifs is 1. The van der Waals surface area contributed by atoms with Gasteiger partial charge < -0.3 is 15.6 Å². The Morgan fingerprint density at radius 1 is 1.24 bits per heavy atom. The molecule has 7 nitrogen and oxygen atoms in total. The number of hydrogen-bond donors (Lipinski definition) is 2. The smallest absolute Gasteiger partial charge is 0.314 e. The molecule has 176 valence electrons. The van der Waals surface area contributed by atoms with E-state index in [1.165, 1.54) is 12.1 Å². The lowest BCUT2D eigenvalue weighted by Gasteiger charge is -2.30. The van der Waals surface area contributed by atoms with Crippen LogP contribution in [-0.2, 0) is 0 Å². The number of piperidine rings is 1. The number of aromatic amines is 1. The molecular formula is C24H23Cl2FN6O. The third kappa shape index (κ3) is 4.01. The number of amides is 2. The number of nitrogens with two attached hydrogens (primary N) is 1. The molecule has 1 unspecified atom stereocenters. The topological polar surface area (TPSA) is 92.8 Å². The highest BCUT2D eigenvalue weighted by atomic mass is 35.5. The number of benzene rings is 1. The first-order valence-corrected chi connectivity index (χ1v) is 11.8. The van der Waals surface area contributed by atoms with Gasteiger partial charge in [-0.15, -0.1) is 0 Å². The van der Waals surface area contributed by atoms with Crippen molar-refractivity contribution in [2.45, 2.75) is 31.7 Å². The first-order valence-electron chi connectivity index (χ1n) is 11.0. The number of urea groups is 1. The summed E-state index contributed by atoms with van der Waals surface area (Å²) < 4.78 is 16.1. The van der Waals surface area contributed by atoms with Gasteiger partial charge >= 0.3 is 6.03 Å². The highest BCUT2D eigenvalue weighted by Crippen LogP contribution is 2.39. The van der Waals surface area contributed by atoms with E-state index in [2.05, 4.69) is 15.1 Å². The predicted molar refractivity (Wildman–Crippen MR) is 131 cm³/mol. The maximum absolute atomic E-state index is 14.1. The molecule has 0 spiro atoms. The Balaban J connectivity index is 1.45. The molecular weight excluding hydrogens is 478 g/mol.